The van der Waals surface area contributed by atoms with Crippen LogP contribution in [0.15, 0.2) is 18.2 Å². The predicted molar refractivity (Wildman–Crippen MR) is 72.3 cm³/mol. The van der Waals surface area contributed by atoms with Gasteiger partial charge in [-0.25, -0.2) is 0 Å². The Morgan fingerprint density at radius 2 is 2.17 bits per heavy atom. The van der Waals surface area contributed by atoms with E-state index in [4.69, 9.17) is 10.5 Å². The standard InChI is InChI=1S/C14H22N2O2/c1-10-4-5-11(2)13(8-10)12(3)16-14(17)9-18-7-6-15/h4-5,8,12H,6-7,9,15H2,1-3H3,(H,16,17). The summed E-state index contributed by atoms with van der Waals surface area (Å²) in [5, 5.41) is 2.92. The van der Waals surface area contributed by atoms with Gasteiger partial charge in [0.2, 0.25) is 5.91 Å². The number of aryl methyl sites for hydroxylation is 2. The summed E-state index contributed by atoms with van der Waals surface area (Å²) in [5.41, 5.74) is 8.80. The summed E-state index contributed by atoms with van der Waals surface area (Å²) in [6, 6.07) is 6.22. The highest BCUT2D eigenvalue weighted by atomic mass is 16.5. The molecule has 1 amide bonds. The van der Waals surface area contributed by atoms with Gasteiger partial charge in [0.1, 0.15) is 6.61 Å². The molecule has 1 unspecified atom stereocenters. The van der Waals surface area contributed by atoms with E-state index in [0.717, 1.165) is 5.56 Å². The van der Waals surface area contributed by atoms with Gasteiger partial charge in [-0.3, -0.25) is 4.79 Å². The summed E-state index contributed by atoms with van der Waals surface area (Å²) in [6.45, 7) is 6.96. The van der Waals surface area contributed by atoms with E-state index >= 15 is 0 Å². The number of carbonyl (C=O) groups is 1. The minimum Gasteiger partial charge on any atom is -0.370 e. The highest BCUT2D eigenvalue weighted by Gasteiger charge is 2.11. The van der Waals surface area contributed by atoms with Crippen LogP contribution in [0.3, 0.4) is 0 Å². The summed E-state index contributed by atoms with van der Waals surface area (Å²) < 4.78 is 5.10. The first-order valence-electron chi connectivity index (χ1n) is 6.19. The number of nitrogens with two attached hydrogens (primary N) is 1. The lowest BCUT2D eigenvalue weighted by Crippen LogP contribution is -2.31. The number of hydrogen-bond donors (Lipinski definition) is 2. The molecule has 0 saturated heterocycles. The molecule has 0 bridgehead atoms. The van der Waals surface area contributed by atoms with Crippen molar-refractivity contribution >= 4 is 5.91 Å². The monoisotopic (exact) mass is 250 g/mol. The minimum atomic E-state index is -0.114. The first-order valence-corrected chi connectivity index (χ1v) is 6.19. The first-order chi connectivity index (χ1) is 8.54. The second-order valence-corrected chi connectivity index (χ2v) is 4.49. The van der Waals surface area contributed by atoms with E-state index < -0.39 is 0 Å². The van der Waals surface area contributed by atoms with Crippen LogP contribution in [0.4, 0.5) is 0 Å². The Hall–Kier alpha value is -1.39. The molecule has 3 N–H and O–H groups in total. The Bertz CT molecular complexity index is 405. The zero-order chi connectivity index (χ0) is 13.5. The van der Waals surface area contributed by atoms with Crippen LogP contribution >= 0.6 is 0 Å². The molecular weight excluding hydrogens is 228 g/mol. The van der Waals surface area contributed by atoms with Crippen LogP contribution in [0.5, 0.6) is 0 Å². The number of nitrogens with one attached hydrogen (secondary N) is 1. The fourth-order valence-electron chi connectivity index (χ4n) is 1.84. The molecule has 0 aromatic heterocycles. The average molecular weight is 250 g/mol. The number of benzene rings is 1. The molecule has 0 aliphatic carbocycles. The zero-order valence-electron chi connectivity index (χ0n) is 11.3. The molecule has 1 aromatic carbocycles. The fraction of sp³-hybridized carbons (Fsp3) is 0.500. The zero-order valence-corrected chi connectivity index (χ0v) is 11.3. The van der Waals surface area contributed by atoms with Crippen LogP contribution in [0, 0.1) is 13.8 Å². The third-order valence-corrected chi connectivity index (χ3v) is 2.77. The molecule has 1 aromatic rings. The van der Waals surface area contributed by atoms with Crippen molar-refractivity contribution in [2.75, 3.05) is 19.8 Å². The lowest BCUT2D eigenvalue weighted by atomic mass is 10.00. The lowest BCUT2D eigenvalue weighted by Gasteiger charge is -2.17. The Morgan fingerprint density at radius 1 is 1.44 bits per heavy atom. The molecule has 0 heterocycles. The maximum atomic E-state index is 11.6. The van der Waals surface area contributed by atoms with Gasteiger partial charge in [-0.2, -0.15) is 0 Å². The molecule has 0 radical (unpaired) electrons. The average Bonchev–Trinajstić information content (AvgIpc) is 2.32. The summed E-state index contributed by atoms with van der Waals surface area (Å²) in [7, 11) is 0. The van der Waals surface area contributed by atoms with E-state index in [1.165, 1.54) is 11.1 Å². The molecule has 4 heteroatoms. The van der Waals surface area contributed by atoms with Gasteiger partial charge in [0.25, 0.3) is 0 Å². The maximum Gasteiger partial charge on any atom is 0.246 e. The van der Waals surface area contributed by atoms with Gasteiger partial charge in [-0.05, 0) is 31.9 Å². The van der Waals surface area contributed by atoms with Crippen molar-refractivity contribution in [2.24, 2.45) is 5.73 Å². The second kappa shape index (κ2) is 7.13. The number of amides is 1. The number of hydrogen-bond acceptors (Lipinski definition) is 3. The largest absolute Gasteiger partial charge is 0.370 e. The van der Waals surface area contributed by atoms with Crippen molar-refractivity contribution in [3.63, 3.8) is 0 Å². The summed E-state index contributed by atoms with van der Waals surface area (Å²) in [5.74, 6) is -0.114. The molecule has 18 heavy (non-hydrogen) atoms. The van der Waals surface area contributed by atoms with Crippen molar-refractivity contribution in [1.29, 1.82) is 0 Å². The van der Waals surface area contributed by atoms with E-state index in [0.29, 0.717) is 13.2 Å². The van der Waals surface area contributed by atoms with Gasteiger partial charge in [-0.1, -0.05) is 23.8 Å². The Morgan fingerprint density at radius 3 is 2.83 bits per heavy atom. The smallest absolute Gasteiger partial charge is 0.246 e. The van der Waals surface area contributed by atoms with Crippen molar-refractivity contribution in [3.8, 4) is 0 Å². The third-order valence-electron chi connectivity index (χ3n) is 2.77. The van der Waals surface area contributed by atoms with Gasteiger partial charge in [-0.15, -0.1) is 0 Å². The van der Waals surface area contributed by atoms with Crippen LogP contribution in [-0.2, 0) is 9.53 Å². The summed E-state index contributed by atoms with van der Waals surface area (Å²) in [6.07, 6.45) is 0. The molecule has 100 valence electrons. The van der Waals surface area contributed by atoms with E-state index in [1.54, 1.807) is 0 Å². The molecule has 0 fully saturated rings. The van der Waals surface area contributed by atoms with Crippen molar-refractivity contribution in [3.05, 3.63) is 34.9 Å². The van der Waals surface area contributed by atoms with Gasteiger partial charge in [0.15, 0.2) is 0 Å². The van der Waals surface area contributed by atoms with Crippen LogP contribution in [0.1, 0.15) is 29.7 Å². The number of rotatable bonds is 6. The molecule has 1 atom stereocenters. The topological polar surface area (TPSA) is 64.3 Å². The molecule has 0 spiro atoms. The summed E-state index contributed by atoms with van der Waals surface area (Å²) >= 11 is 0. The van der Waals surface area contributed by atoms with Crippen molar-refractivity contribution < 1.29 is 9.53 Å². The van der Waals surface area contributed by atoms with E-state index in [9.17, 15) is 4.79 Å². The minimum absolute atomic E-state index is 0.0149. The lowest BCUT2D eigenvalue weighted by molar-refractivity contribution is -0.126. The normalized spacial score (nSPS) is 12.2. The van der Waals surface area contributed by atoms with Crippen molar-refractivity contribution in [2.45, 2.75) is 26.8 Å². The van der Waals surface area contributed by atoms with Gasteiger partial charge < -0.3 is 15.8 Å². The highest BCUT2D eigenvalue weighted by molar-refractivity contribution is 5.77. The molecule has 0 saturated carbocycles. The third kappa shape index (κ3) is 4.47. The van der Waals surface area contributed by atoms with Crippen LogP contribution < -0.4 is 11.1 Å². The van der Waals surface area contributed by atoms with E-state index in [-0.39, 0.29) is 18.6 Å². The Kier molecular flexibility index (Phi) is 5.82. The molecule has 1 rings (SSSR count). The van der Waals surface area contributed by atoms with Crippen molar-refractivity contribution in [1.82, 2.24) is 5.32 Å². The molecular formula is C14H22N2O2. The van der Waals surface area contributed by atoms with Crippen LogP contribution in [0.2, 0.25) is 0 Å². The second-order valence-electron chi connectivity index (χ2n) is 4.49. The van der Waals surface area contributed by atoms with Gasteiger partial charge in [0.05, 0.1) is 12.6 Å². The number of ether oxygens (including phenoxy) is 1. The maximum absolute atomic E-state index is 11.6. The van der Waals surface area contributed by atoms with Crippen LogP contribution in [-0.4, -0.2) is 25.7 Å². The first kappa shape index (κ1) is 14.7. The molecule has 0 aliphatic heterocycles. The Labute approximate surface area is 109 Å². The van der Waals surface area contributed by atoms with Crippen LogP contribution in [0.25, 0.3) is 0 Å². The molecule has 4 nitrogen and oxygen atoms in total. The quantitative estimate of drug-likeness (QED) is 0.751. The predicted octanol–water partition coefficient (Wildman–Crippen LogP) is 1.46. The number of carbonyl (C=O) groups excluding carboxylic acids is 1. The van der Waals surface area contributed by atoms with E-state index in [1.807, 2.05) is 20.8 Å². The van der Waals surface area contributed by atoms with E-state index in [2.05, 4.69) is 23.5 Å². The summed E-state index contributed by atoms with van der Waals surface area (Å²) in [4.78, 5) is 11.6. The molecule has 0 aliphatic rings. The fourth-order valence-corrected chi connectivity index (χ4v) is 1.84. The SMILES string of the molecule is Cc1ccc(C)c(C(C)NC(=O)COCCN)c1. The van der Waals surface area contributed by atoms with Gasteiger partial charge in [0, 0.05) is 6.54 Å². The van der Waals surface area contributed by atoms with Gasteiger partial charge >= 0.3 is 0 Å². The Balaban J connectivity index is 2.56. The highest BCUT2D eigenvalue weighted by Crippen LogP contribution is 2.18.